The third kappa shape index (κ3) is 5.48. The van der Waals surface area contributed by atoms with Crippen molar-refractivity contribution in [2.75, 3.05) is 13.1 Å². The van der Waals surface area contributed by atoms with E-state index in [1.807, 2.05) is 18.2 Å². The maximum absolute atomic E-state index is 9.75. The van der Waals surface area contributed by atoms with Crippen LogP contribution in [0, 0.1) is 11.3 Å². The standard InChI is InChI=1S/C32H28ClN3O3/c33-29-12-24(17-36-18-25(37)19-36)31(38-20-22-11-21(14-34)15-35-16-22)13-32(29)39-30-10-9-27-26(7-4-8-28(27)30)23-5-2-1-3-6-23/h1-8,11-13,15-16,25,30,37H,9-10,17-20H2. The Morgan fingerprint density at radius 3 is 2.67 bits per heavy atom. The van der Waals surface area contributed by atoms with Gasteiger partial charge in [-0.25, -0.2) is 0 Å². The summed E-state index contributed by atoms with van der Waals surface area (Å²) in [5, 5.41) is 19.5. The molecule has 0 saturated carbocycles. The van der Waals surface area contributed by atoms with Gasteiger partial charge < -0.3 is 14.6 Å². The van der Waals surface area contributed by atoms with Crippen molar-refractivity contribution < 1.29 is 14.6 Å². The zero-order valence-electron chi connectivity index (χ0n) is 21.4. The molecule has 1 N–H and O–H groups in total. The van der Waals surface area contributed by atoms with Crippen molar-refractivity contribution >= 4 is 11.6 Å². The zero-order chi connectivity index (χ0) is 26.8. The van der Waals surface area contributed by atoms with Crippen LogP contribution >= 0.6 is 11.6 Å². The van der Waals surface area contributed by atoms with Crippen LogP contribution in [0.25, 0.3) is 11.1 Å². The van der Waals surface area contributed by atoms with Crippen LogP contribution in [0.3, 0.4) is 0 Å². The van der Waals surface area contributed by atoms with Crippen molar-refractivity contribution in [3.63, 3.8) is 0 Å². The van der Waals surface area contributed by atoms with Crippen molar-refractivity contribution in [3.05, 3.63) is 112 Å². The molecule has 6 rings (SSSR count). The van der Waals surface area contributed by atoms with Crippen molar-refractivity contribution in [3.8, 4) is 28.7 Å². The molecule has 1 aliphatic carbocycles. The fourth-order valence-electron chi connectivity index (χ4n) is 5.41. The predicted octanol–water partition coefficient (Wildman–Crippen LogP) is 6.10. The lowest BCUT2D eigenvalue weighted by atomic mass is 9.97. The van der Waals surface area contributed by atoms with Crippen LogP contribution in [0.15, 0.2) is 79.1 Å². The Kier molecular flexibility index (Phi) is 7.21. The Morgan fingerprint density at radius 1 is 1.03 bits per heavy atom. The summed E-state index contributed by atoms with van der Waals surface area (Å²) in [5.74, 6) is 1.24. The number of β-amino-alcohol motifs (C(OH)–C–C–N with tert-alkyl or cyclic N) is 1. The Labute approximate surface area is 233 Å². The van der Waals surface area contributed by atoms with Gasteiger partial charge in [0.05, 0.1) is 16.7 Å². The number of hydrogen-bond acceptors (Lipinski definition) is 6. The van der Waals surface area contributed by atoms with Crippen LogP contribution in [-0.2, 0) is 19.6 Å². The first-order valence-corrected chi connectivity index (χ1v) is 13.5. The van der Waals surface area contributed by atoms with Gasteiger partial charge in [-0.05, 0) is 47.2 Å². The molecule has 3 aromatic carbocycles. The topological polar surface area (TPSA) is 78.6 Å². The molecule has 6 nitrogen and oxygen atoms in total. The number of fused-ring (bicyclic) bond motifs is 1. The molecule has 1 unspecified atom stereocenters. The number of aliphatic hydroxyl groups is 1. The van der Waals surface area contributed by atoms with E-state index in [0.29, 0.717) is 41.7 Å². The van der Waals surface area contributed by atoms with Gasteiger partial charge in [0, 0.05) is 49.2 Å². The van der Waals surface area contributed by atoms with E-state index in [1.54, 1.807) is 12.3 Å². The fraction of sp³-hybridized carbons (Fsp3) is 0.250. The molecule has 7 heteroatoms. The second-order valence-electron chi connectivity index (χ2n) is 10.1. The van der Waals surface area contributed by atoms with Gasteiger partial charge in [0.1, 0.15) is 30.3 Å². The lowest BCUT2D eigenvalue weighted by molar-refractivity contribution is -0.00335. The third-order valence-electron chi connectivity index (χ3n) is 7.33. The third-order valence-corrected chi connectivity index (χ3v) is 7.63. The van der Waals surface area contributed by atoms with Gasteiger partial charge in [0.15, 0.2) is 0 Å². The molecule has 2 heterocycles. The first-order valence-electron chi connectivity index (χ1n) is 13.1. The minimum Gasteiger partial charge on any atom is -0.488 e. The van der Waals surface area contributed by atoms with Gasteiger partial charge in [-0.15, -0.1) is 0 Å². The first kappa shape index (κ1) is 25.4. The molecule has 0 amide bonds. The summed E-state index contributed by atoms with van der Waals surface area (Å²) in [5.41, 5.74) is 7.17. The molecule has 1 fully saturated rings. The average molecular weight is 538 g/mol. The molecule has 0 radical (unpaired) electrons. The van der Waals surface area contributed by atoms with Crippen molar-refractivity contribution in [1.82, 2.24) is 9.88 Å². The Balaban J connectivity index is 1.27. The van der Waals surface area contributed by atoms with E-state index < -0.39 is 0 Å². The second kappa shape index (κ2) is 11.1. The number of benzene rings is 3. The highest BCUT2D eigenvalue weighted by atomic mass is 35.5. The van der Waals surface area contributed by atoms with E-state index >= 15 is 0 Å². The van der Waals surface area contributed by atoms with Crippen LogP contribution in [0.5, 0.6) is 11.5 Å². The monoisotopic (exact) mass is 537 g/mol. The van der Waals surface area contributed by atoms with E-state index in [4.69, 9.17) is 21.1 Å². The van der Waals surface area contributed by atoms with Gasteiger partial charge in [-0.1, -0.05) is 60.1 Å². The summed E-state index contributed by atoms with van der Waals surface area (Å²) in [6, 6.07) is 24.5. The zero-order valence-corrected chi connectivity index (χ0v) is 22.1. The summed E-state index contributed by atoms with van der Waals surface area (Å²) in [6.45, 7) is 2.10. The number of aliphatic hydroxyl groups excluding tert-OH is 1. The molecular weight excluding hydrogens is 510 g/mol. The number of nitriles is 1. The number of ether oxygens (including phenoxy) is 2. The highest BCUT2D eigenvalue weighted by molar-refractivity contribution is 6.32. The van der Waals surface area contributed by atoms with E-state index in [0.717, 1.165) is 24.0 Å². The first-order chi connectivity index (χ1) is 19.1. The summed E-state index contributed by atoms with van der Waals surface area (Å²) >= 11 is 6.77. The van der Waals surface area contributed by atoms with E-state index in [-0.39, 0.29) is 18.8 Å². The number of aromatic nitrogens is 1. The van der Waals surface area contributed by atoms with Crippen molar-refractivity contribution in [2.45, 2.75) is 38.2 Å². The van der Waals surface area contributed by atoms with E-state index in [2.05, 4.69) is 58.4 Å². The van der Waals surface area contributed by atoms with Gasteiger partial charge >= 0.3 is 0 Å². The molecular formula is C32H28ClN3O3. The highest BCUT2D eigenvalue weighted by Gasteiger charge is 2.29. The fourth-order valence-corrected chi connectivity index (χ4v) is 5.64. The number of halogens is 1. The van der Waals surface area contributed by atoms with Gasteiger partial charge in [0.25, 0.3) is 0 Å². The minimum atomic E-state index is -0.296. The Bertz CT molecular complexity index is 1530. The van der Waals surface area contributed by atoms with Crippen molar-refractivity contribution in [1.29, 1.82) is 5.26 Å². The summed E-state index contributed by atoms with van der Waals surface area (Å²) in [6.07, 6.45) is 4.62. The normalized spacial score (nSPS) is 16.8. The summed E-state index contributed by atoms with van der Waals surface area (Å²) < 4.78 is 12.8. The molecule has 0 bridgehead atoms. The largest absolute Gasteiger partial charge is 0.488 e. The van der Waals surface area contributed by atoms with Crippen LogP contribution in [0.2, 0.25) is 5.02 Å². The summed E-state index contributed by atoms with van der Waals surface area (Å²) in [4.78, 5) is 6.27. The quantitative estimate of drug-likeness (QED) is 0.293. The molecule has 1 saturated heterocycles. The van der Waals surface area contributed by atoms with Crippen molar-refractivity contribution in [2.24, 2.45) is 0 Å². The smallest absolute Gasteiger partial charge is 0.142 e. The van der Waals surface area contributed by atoms with Gasteiger partial charge in [-0.3, -0.25) is 9.88 Å². The number of nitrogens with zero attached hydrogens (tertiary/aromatic N) is 3. The minimum absolute atomic E-state index is 0.109. The molecule has 2 aliphatic rings. The Morgan fingerprint density at radius 2 is 1.87 bits per heavy atom. The lowest BCUT2D eigenvalue weighted by Crippen LogP contribution is -2.49. The predicted molar refractivity (Wildman–Crippen MR) is 150 cm³/mol. The van der Waals surface area contributed by atoms with Crippen LogP contribution in [0.4, 0.5) is 0 Å². The van der Waals surface area contributed by atoms with Crippen LogP contribution < -0.4 is 9.47 Å². The lowest BCUT2D eigenvalue weighted by Gasteiger charge is -2.36. The van der Waals surface area contributed by atoms with E-state index in [1.165, 1.54) is 28.5 Å². The molecule has 1 aliphatic heterocycles. The number of hydrogen-bond donors (Lipinski definition) is 1. The molecule has 196 valence electrons. The van der Waals surface area contributed by atoms with Crippen LogP contribution in [-0.4, -0.2) is 34.2 Å². The maximum Gasteiger partial charge on any atom is 0.142 e. The number of pyridine rings is 1. The Hall–Kier alpha value is -3.89. The van der Waals surface area contributed by atoms with Crippen LogP contribution in [0.1, 0.15) is 40.3 Å². The maximum atomic E-state index is 9.75. The van der Waals surface area contributed by atoms with Gasteiger partial charge in [0.2, 0.25) is 0 Å². The molecule has 1 atom stereocenters. The molecule has 39 heavy (non-hydrogen) atoms. The second-order valence-corrected chi connectivity index (χ2v) is 10.5. The highest BCUT2D eigenvalue weighted by Crippen LogP contribution is 2.43. The molecule has 0 spiro atoms. The average Bonchev–Trinajstić information content (AvgIpc) is 3.36. The van der Waals surface area contributed by atoms with Gasteiger partial charge in [-0.2, -0.15) is 5.26 Å². The summed E-state index contributed by atoms with van der Waals surface area (Å²) in [7, 11) is 0. The SMILES string of the molecule is N#Cc1cncc(COc2cc(OC3CCc4c(-c5ccccc5)cccc43)c(Cl)cc2CN2CC(O)C2)c1. The molecule has 1 aromatic heterocycles. The number of likely N-dealkylation sites (tertiary alicyclic amines) is 1. The number of rotatable bonds is 8. The molecule has 4 aromatic rings. The van der Waals surface area contributed by atoms with E-state index in [9.17, 15) is 10.4 Å².